The molecule has 6 nitrogen and oxygen atoms in total. The summed E-state index contributed by atoms with van der Waals surface area (Å²) in [7, 11) is 3.48. The van der Waals surface area contributed by atoms with Gasteiger partial charge >= 0.3 is 0 Å². The molecule has 152 valence electrons. The van der Waals surface area contributed by atoms with E-state index in [0.717, 1.165) is 32.1 Å². The first-order chi connectivity index (χ1) is 12.6. The Morgan fingerprint density at radius 3 is 2.63 bits per heavy atom. The van der Waals surface area contributed by atoms with E-state index in [2.05, 4.69) is 34.7 Å². The van der Waals surface area contributed by atoms with Crippen LogP contribution in [0.25, 0.3) is 0 Å². The Morgan fingerprint density at radius 2 is 2.00 bits per heavy atom. The fourth-order valence-corrected chi connectivity index (χ4v) is 2.39. The van der Waals surface area contributed by atoms with E-state index >= 15 is 0 Å². The van der Waals surface area contributed by atoms with Gasteiger partial charge in [-0.1, -0.05) is 30.3 Å². The van der Waals surface area contributed by atoms with Crippen molar-refractivity contribution in [2.24, 2.45) is 10.9 Å². The molecule has 0 saturated heterocycles. The maximum atomic E-state index is 11.8. The van der Waals surface area contributed by atoms with Crippen LogP contribution in [-0.2, 0) is 9.53 Å². The number of benzene rings is 1. The predicted octanol–water partition coefficient (Wildman–Crippen LogP) is 2.81. The van der Waals surface area contributed by atoms with Gasteiger partial charge < -0.3 is 20.3 Å². The zero-order chi connectivity index (χ0) is 18.8. The minimum absolute atomic E-state index is 0. The number of rotatable bonds is 10. The van der Waals surface area contributed by atoms with Crippen molar-refractivity contribution in [2.75, 3.05) is 40.4 Å². The van der Waals surface area contributed by atoms with Crippen LogP contribution in [0.1, 0.15) is 37.8 Å². The van der Waals surface area contributed by atoms with Crippen LogP contribution in [-0.4, -0.2) is 57.2 Å². The molecule has 1 aliphatic carbocycles. The largest absolute Gasteiger partial charge is 0.381 e. The molecule has 27 heavy (non-hydrogen) atoms. The second kappa shape index (κ2) is 12.9. The van der Waals surface area contributed by atoms with E-state index < -0.39 is 0 Å². The Kier molecular flexibility index (Phi) is 11.3. The standard InChI is InChI=1S/C20H32N4O2.HI/c1-16(18-8-5-4-6-9-18)23-20(22-14-19(25)24(2)3)21-12-7-13-26-15-17-10-11-17;/h4-6,8-9,16-17H,7,10-15H2,1-3H3,(H2,21,22,23);1H. The highest BCUT2D eigenvalue weighted by molar-refractivity contribution is 14.0. The Bertz CT molecular complexity index is 577. The molecule has 1 fully saturated rings. The van der Waals surface area contributed by atoms with Gasteiger partial charge in [-0.2, -0.15) is 0 Å². The van der Waals surface area contributed by atoms with Crippen LogP contribution in [0.15, 0.2) is 35.3 Å². The van der Waals surface area contributed by atoms with Gasteiger partial charge in [-0.3, -0.25) is 4.79 Å². The highest BCUT2D eigenvalue weighted by atomic mass is 127. The summed E-state index contributed by atoms with van der Waals surface area (Å²) >= 11 is 0. The van der Waals surface area contributed by atoms with Crippen LogP contribution in [0.2, 0.25) is 0 Å². The van der Waals surface area contributed by atoms with Crippen LogP contribution >= 0.6 is 24.0 Å². The van der Waals surface area contributed by atoms with Gasteiger partial charge in [-0.25, -0.2) is 4.99 Å². The molecule has 1 unspecified atom stereocenters. The molecule has 0 radical (unpaired) electrons. The maximum Gasteiger partial charge on any atom is 0.243 e. The molecule has 0 bridgehead atoms. The van der Waals surface area contributed by atoms with Crippen LogP contribution < -0.4 is 10.6 Å². The van der Waals surface area contributed by atoms with Gasteiger partial charge in [0.25, 0.3) is 0 Å². The third-order valence-electron chi connectivity index (χ3n) is 4.33. The molecule has 1 saturated carbocycles. The number of carbonyl (C=O) groups excluding carboxylic acids is 1. The van der Waals surface area contributed by atoms with Crippen LogP contribution in [0.4, 0.5) is 0 Å². The lowest BCUT2D eigenvalue weighted by Crippen LogP contribution is -2.40. The molecule has 1 aromatic rings. The number of nitrogens with zero attached hydrogens (tertiary/aromatic N) is 2. The second-order valence-electron chi connectivity index (χ2n) is 7.03. The van der Waals surface area contributed by atoms with E-state index in [0.29, 0.717) is 5.96 Å². The topological polar surface area (TPSA) is 66.0 Å². The van der Waals surface area contributed by atoms with Crippen LogP contribution in [0, 0.1) is 5.92 Å². The van der Waals surface area contributed by atoms with E-state index in [-0.39, 0.29) is 42.5 Å². The molecule has 1 amide bonds. The van der Waals surface area contributed by atoms with Gasteiger partial charge in [-0.05, 0) is 37.7 Å². The average Bonchev–Trinajstić information content (AvgIpc) is 3.46. The van der Waals surface area contributed by atoms with Gasteiger partial charge in [0.1, 0.15) is 6.54 Å². The maximum absolute atomic E-state index is 11.8. The van der Waals surface area contributed by atoms with Gasteiger partial charge in [0.05, 0.1) is 6.04 Å². The van der Waals surface area contributed by atoms with E-state index in [1.54, 1.807) is 19.0 Å². The number of amides is 1. The Hall–Kier alpha value is -1.35. The predicted molar refractivity (Wildman–Crippen MR) is 121 cm³/mol. The van der Waals surface area contributed by atoms with E-state index in [9.17, 15) is 4.79 Å². The molecule has 1 aliphatic rings. The Morgan fingerprint density at radius 1 is 1.30 bits per heavy atom. The number of hydrogen-bond acceptors (Lipinski definition) is 3. The number of halogens is 1. The number of likely N-dealkylation sites (N-methyl/N-ethyl adjacent to an activating group) is 1. The summed E-state index contributed by atoms with van der Waals surface area (Å²) in [6, 6.07) is 10.3. The van der Waals surface area contributed by atoms with Gasteiger partial charge in [-0.15, -0.1) is 24.0 Å². The number of guanidine groups is 1. The number of ether oxygens (including phenoxy) is 1. The van der Waals surface area contributed by atoms with Crippen molar-refractivity contribution in [2.45, 2.75) is 32.2 Å². The zero-order valence-corrected chi connectivity index (χ0v) is 18.9. The summed E-state index contributed by atoms with van der Waals surface area (Å²) in [4.78, 5) is 17.8. The molecule has 7 heteroatoms. The first-order valence-electron chi connectivity index (χ1n) is 9.44. The molecular formula is C20H33IN4O2. The monoisotopic (exact) mass is 488 g/mol. The quantitative estimate of drug-likeness (QED) is 0.230. The minimum atomic E-state index is -0.0220. The molecule has 2 rings (SSSR count). The molecular weight excluding hydrogens is 455 g/mol. The summed E-state index contributed by atoms with van der Waals surface area (Å²) in [5, 5.41) is 6.68. The minimum Gasteiger partial charge on any atom is -0.381 e. The van der Waals surface area contributed by atoms with Crippen molar-refractivity contribution in [1.29, 1.82) is 0 Å². The summed E-state index contributed by atoms with van der Waals surface area (Å²) in [6.45, 7) is 4.61. The van der Waals surface area contributed by atoms with Gasteiger partial charge in [0, 0.05) is 33.9 Å². The molecule has 0 aliphatic heterocycles. The molecule has 0 heterocycles. The average molecular weight is 488 g/mol. The van der Waals surface area contributed by atoms with Crippen LogP contribution in [0.5, 0.6) is 0 Å². The fourth-order valence-electron chi connectivity index (χ4n) is 2.39. The summed E-state index contributed by atoms with van der Waals surface area (Å²) in [5.74, 6) is 1.43. The van der Waals surface area contributed by atoms with E-state index in [1.165, 1.54) is 18.4 Å². The number of hydrogen-bond donors (Lipinski definition) is 2. The number of nitrogens with one attached hydrogen (secondary N) is 2. The third-order valence-corrected chi connectivity index (χ3v) is 4.33. The van der Waals surface area contributed by atoms with Crippen molar-refractivity contribution < 1.29 is 9.53 Å². The molecule has 0 aromatic heterocycles. The SMILES string of the molecule is CC(NC(=NCC(=O)N(C)C)NCCCOCC1CC1)c1ccccc1.I. The fraction of sp³-hybridized carbons (Fsp3) is 0.600. The van der Waals surface area contributed by atoms with E-state index in [1.807, 2.05) is 18.2 Å². The molecule has 1 aromatic carbocycles. The van der Waals surface area contributed by atoms with Crippen molar-refractivity contribution in [3.8, 4) is 0 Å². The van der Waals surface area contributed by atoms with Crippen molar-refractivity contribution >= 4 is 35.8 Å². The first-order valence-corrected chi connectivity index (χ1v) is 9.44. The Balaban J connectivity index is 0.00000364. The van der Waals surface area contributed by atoms with Crippen LogP contribution in [0.3, 0.4) is 0 Å². The molecule has 0 spiro atoms. The summed E-state index contributed by atoms with van der Waals surface area (Å²) in [5.41, 5.74) is 1.17. The normalized spacial score (nSPS) is 14.9. The molecule has 1 atom stereocenters. The Labute approximate surface area is 180 Å². The van der Waals surface area contributed by atoms with Crippen molar-refractivity contribution in [3.63, 3.8) is 0 Å². The summed E-state index contributed by atoms with van der Waals surface area (Å²) in [6.07, 6.45) is 3.54. The number of carbonyl (C=O) groups is 1. The van der Waals surface area contributed by atoms with Crippen molar-refractivity contribution in [3.05, 3.63) is 35.9 Å². The van der Waals surface area contributed by atoms with Gasteiger partial charge in [0.15, 0.2) is 5.96 Å². The molecule has 2 N–H and O–H groups in total. The highest BCUT2D eigenvalue weighted by Crippen LogP contribution is 2.28. The lowest BCUT2D eigenvalue weighted by Gasteiger charge is -2.19. The second-order valence-corrected chi connectivity index (χ2v) is 7.03. The lowest BCUT2D eigenvalue weighted by molar-refractivity contribution is -0.127. The van der Waals surface area contributed by atoms with Crippen molar-refractivity contribution in [1.82, 2.24) is 15.5 Å². The zero-order valence-electron chi connectivity index (χ0n) is 16.6. The lowest BCUT2D eigenvalue weighted by atomic mass is 10.1. The highest BCUT2D eigenvalue weighted by Gasteiger charge is 2.20. The third kappa shape index (κ3) is 9.95. The van der Waals surface area contributed by atoms with Gasteiger partial charge in [0.2, 0.25) is 5.91 Å². The van der Waals surface area contributed by atoms with E-state index in [4.69, 9.17) is 4.74 Å². The smallest absolute Gasteiger partial charge is 0.243 e. The summed E-state index contributed by atoms with van der Waals surface area (Å²) < 4.78 is 5.66. The number of aliphatic imine (C=N–C) groups is 1. The first kappa shape index (κ1) is 23.7.